The van der Waals surface area contributed by atoms with Gasteiger partial charge >= 0.3 is 0 Å². The number of nitrogens with one attached hydrogen (secondary N) is 1. The van der Waals surface area contributed by atoms with Crippen molar-refractivity contribution in [2.24, 2.45) is 0 Å². The van der Waals surface area contributed by atoms with Crippen molar-refractivity contribution in [1.29, 1.82) is 0 Å². The van der Waals surface area contributed by atoms with E-state index < -0.39 is 11.4 Å². The zero-order valence-corrected chi connectivity index (χ0v) is 13.4. The number of fused-ring (bicyclic) bond motifs is 1. The lowest BCUT2D eigenvalue weighted by Gasteiger charge is -2.08. The van der Waals surface area contributed by atoms with Crippen LogP contribution in [0, 0.1) is 0 Å². The van der Waals surface area contributed by atoms with E-state index in [2.05, 4.69) is 25.8 Å². The fourth-order valence-corrected chi connectivity index (χ4v) is 2.95. The Morgan fingerprint density at radius 3 is 2.72 bits per heavy atom. The highest BCUT2D eigenvalue weighted by molar-refractivity contribution is 9.10. The fraction of sp³-hybridized carbons (Fsp3) is 0.364. The van der Waals surface area contributed by atoms with Crippen molar-refractivity contribution >= 4 is 55.6 Å². The Balaban J connectivity index is 2.76. The van der Waals surface area contributed by atoms with Crippen LogP contribution in [0.15, 0.2) is 16.6 Å². The maximum Gasteiger partial charge on any atom is 0.201 e. The smallest absolute Gasteiger partial charge is 0.201 e. The van der Waals surface area contributed by atoms with Crippen LogP contribution in [0.2, 0.25) is 5.02 Å². The topological polar surface area (TPSA) is 52.9 Å². The number of halogens is 2. The van der Waals surface area contributed by atoms with Crippen molar-refractivity contribution in [1.82, 2.24) is 9.78 Å². The lowest BCUT2D eigenvalue weighted by molar-refractivity contribution is 0.552. The van der Waals surface area contributed by atoms with E-state index in [0.717, 1.165) is 15.4 Å². The molecule has 0 bridgehead atoms. The Morgan fingerprint density at radius 2 is 2.17 bits per heavy atom. The van der Waals surface area contributed by atoms with Gasteiger partial charge in [-0.1, -0.05) is 11.6 Å². The van der Waals surface area contributed by atoms with E-state index >= 15 is 0 Å². The summed E-state index contributed by atoms with van der Waals surface area (Å²) in [6.07, 6.45) is 1.56. The van der Waals surface area contributed by atoms with Gasteiger partial charge in [0.1, 0.15) is 6.26 Å². The Hall–Kier alpha value is -0.430. The number of hydrogen-bond donors (Lipinski definition) is 1. The largest absolute Gasteiger partial charge is 0.593 e. The molecule has 7 heteroatoms. The molecular weight excluding hydrogens is 338 g/mol. The maximum atomic E-state index is 11.3. The Bertz CT molecular complexity index is 585. The zero-order valence-electron chi connectivity index (χ0n) is 10.2. The second-order valence-corrected chi connectivity index (χ2v) is 6.57. The summed E-state index contributed by atoms with van der Waals surface area (Å²) < 4.78 is 16.9. The van der Waals surface area contributed by atoms with Crippen molar-refractivity contribution in [3.8, 4) is 0 Å². The summed E-state index contributed by atoms with van der Waals surface area (Å²) in [5.41, 5.74) is 0.908. The first-order valence-corrected chi connectivity index (χ1v) is 8.11. The first-order valence-electron chi connectivity index (χ1n) is 5.38. The molecule has 1 N–H and O–H groups in total. The highest BCUT2D eigenvalue weighted by Crippen LogP contribution is 2.36. The third-order valence-electron chi connectivity index (χ3n) is 2.48. The van der Waals surface area contributed by atoms with Crippen LogP contribution in [0.3, 0.4) is 0 Å². The molecule has 0 aliphatic carbocycles. The third-order valence-corrected chi connectivity index (χ3v) is 3.92. The van der Waals surface area contributed by atoms with Crippen LogP contribution in [-0.4, -0.2) is 20.6 Å². The molecule has 0 spiro atoms. The van der Waals surface area contributed by atoms with E-state index in [1.54, 1.807) is 12.3 Å². The van der Waals surface area contributed by atoms with Crippen LogP contribution in [0.25, 0.3) is 10.9 Å². The van der Waals surface area contributed by atoms with Crippen LogP contribution in [0.5, 0.6) is 0 Å². The lowest BCUT2D eigenvalue weighted by Crippen LogP contribution is -2.11. The number of rotatable bonds is 3. The van der Waals surface area contributed by atoms with Crippen LogP contribution >= 0.6 is 27.5 Å². The van der Waals surface area contributed by atoms with E-state index in [1.807, 2.05) is 24.6 Å². The molecule has 18 heavy (non-hydrogen) atoms. The average molecular weight is 351 g/mol. The third kappa shape index (κ3) is 2.47. The summed E-state index contributed by atoms with van der Waals surface area (Å²) in [5, 5.41) is 5.83. The molecule has 0 saturated carbocycles. The minimum absolute atomic E-state index is 0.183. The number of benzene rings is 1. The second kappa shape index (κ2) is 5.28. The second-order valence-electron chi connectivity index (χ2n) is 4.20. The predicted molar refractivity (Wildman–Crippen MR) is 80.5 cm³/mol. The van der Waals surface area contributed by atoms with Gasteiger partial charge in [0.05, 0.1) is 27.3 Å². The van der Waals surface area contributed by atoms with Crippen LogP contribution in [-0.2, 0) is 11.4 Å². The van der Waals surface area contributed by atoms with Gasteiger partial charge in [-0.2, -0.15) is 4.72 Å². The molecule has 0 aliphatic rings. The van der Waals surface area contributed by atoms with Gasteiger partial charge in [-0.3, -0.25) is 4.68 Å². The molecule has 0 saturated heterocycles. The SMILES string of the molecule is CC(C)n1nc(N[S+](C)[O-])c2c(Cl)ccc(Br)c21. The molecule has 1 atom stereocenters. The molecule has 2 aromatic rings. The molecule has 2 rings (SSSR count). The highest BCUT2D eigenvalue weighted by atomic mass is 79.9. The van der Waals surface area contributed by atoms with E-state index in [-0.39, 0.29) is 6.04 Å². The van der Waals surface area contributed by atoms with Gasteiger partial charge in [-0.25, -0.2) is 0 Å². The monoisotopic (exact) mass is 349 g/mol. The van der Waals surface area contributed by atoms with Crippen molar-refractivity contribution in [2.75, 3.05) is 11.0 Å². The molecule has 98 valence electrons. The van der Waals surface area contributed by atoms with E-state index in [9.17, 15) is 4.55 Å². The van der Waals surface area contributed by atoms with Crippen LogP contribution in [0.1, 0.15) is 19.9 Å². The molecule has 1 aromatic heterocycles. The minimum Gasteiger partial charge on any atom is -0.593 e. The average Bonchev–Trinajstić information content (AvgIpc) is 2.63. The Labute approximate surface area is 122 Å². The molecule has 0 radical (unpaired) electrons. The van der Waals surface area contributed by atoms with Gasteiger partial charge in [0.25, 0.3) is 0 Å². The molecule has 0 amide bonds. The summed E-state index contributed by atoms with van der Waals surface area (Å²) in [6, 6.07) is 3.87. The molecular formula is C11H13BrClN3OS. The summed E-state index contributed by atoms with van der Waals surface area (Å²) >= 11 is 8.54. The van der Waals surface area contributed by atoms with Gasteiger partial charge in [-0.05, 0) is 41.9 Å². The normalized spacial score (nSPS) is 13.3. The zero-order chi connectivity index (χ0) is 13.4. The fourth-order valence-electron chi connectivity index (χ4n) is 1.78. The Kier molecular flexibility index (Phi) is 4.11. The number of nitrogens with zero attached hydrogens (tertiary/aromatic N) is 2. The summed E-state index contributed by atoms with van der Waals surface area (Å²) in [6.45, 7) is 4.07. The first kappa shape index (κ1) is 14.0. The van der Waals surface area contributed by atoms with Gasteiger partial charge < -0.3 is 4.55 Å². The minimum atomic E-state index is -1.19. The van der Waals surface area contributed by atoms with Gasteiger partial charge in [0.15, 0.2) is 0 Å². The van der Waals surface area contributed by atoms with Gasteiger partial charge in [0, 0.05) is 10.5 Å². The first-order chi connectivity index (χ1) is 8.41. The van der Waals surface area contributed by atoms with Crippen molar-refractivity contribution < 1.29 is 4.55 Å². The Morgan fingerprint density at radius 1 is 1.50 bits per heavy atom. The van der Waals surface area contributed by atoms with E-state index in [0.29, 0.717) is 10.8 Å². The van der Waals surface area contributed by atoms with E-state index in [1.165, 1.54) is 0 Å². The number of anilines is 1. The molecule has 1 heterocycles. The van der Waals surface area contributed by atoms with Gasteiger partial charge in [-0.15, -0.1) is 5.10 Å². The quantitative estimate of drug-likeness (QED) is 0.858. The van der Waals surface area contributed by atoms with Gasteiger partial charge in [0.2, 0.25) is 5.82 Å². The van der Waals surface area contributed by atoms with Crippen LogP contribution in [0.4, 0.5) is 5.82 Å². The number of hydrogen-bond acceptors (Lipinski definition) is 3. The van der Waals surface area contributed by atoms with Crippen molar-refractivity contribution in [3.63, 3.8) is 0 Å². The molecule has 0 aliphatic heterocycles. The standard InChI is InChI=1S/C11H13BrClN3OS/c1-6(2)16-10-7(12)4-5-8(13)9(10)11(14-16)15-18(3)17/h4-6H,1-3H3,(H,14,15). The molecule has 1 aromatic carbocycles. The summed E-state index contributed by atoms with van der Waals surface area (Å²) in [7, 11) is 0. The lowest BCUT2D eigenvalue weighted by atomic mass is 10.2. The van der Waals surface area contributed by atoms with Crippen molar-refractivity contribution in [3.05, 3.63) is 21.6 Å². The molecule has 4 nitrogen and oxygen atoms in total. The predicted octanol–water partition coefficient (Wildman–Crippen LogP) is 3.74. The molecule has 1 unspecified atom stereocenters. The summed E-state index contributed by atoms with van der Waals surface area (Å²) in [4.78, 5) is 0. The van der Waals surface area contributed by atoms with Crippen LogP contribution < -0.4 is 4.72 Å². The number of aromatic nitrogens is 2. The van der Waals surface area contributed by atoms with Crippen molar-refractivity contribution in [2.45, 2.75) is 19.9 Å². The van der Waals surface area contributed by atoms with E-state index in [4.69, 9.17) is 11.6 Å². The highest BCUT2D eigenvalue weighted by Gasteiger charge is 2.19. The summed E-state index contributed by atoms with van der Waals surface area (Å²) in [5.74, 6) is 0.547. The molecule has 0 fully saturated rings. The maximum absolute atomic E-state index is 11.3.